The average molecular weight is 242 g/mol. The van der Waals surface area contributed by atoms with E-state index in [2.05, 4.69) is 33.9 Å². The lowest BCUT2D eigenvalue weighted by Crippen LogP contribution is -2.41. The van der Waals surface area contributed by atoms with E-state index in [0.717, 1.165) is 18.4 Å². The van der Waals surface area contributed by atoms with Crippen LogP contribution in [0.25, 0.3) is 0 Å². The maximum absolute atomic E-state index is 11.6. The number of methoxy groups -OCH3 is 1. The third kappa shape index (κ3) is 2.87. The molecule has 4 heteroatoms. The first-order chi connectivity index (χ1) is 7.19. The van der Waals surface area contributed by atoms with Crippen molar-refractivity contribution in [3.8, 4) is 0 Å². The van der Waals surface area contributed by atoms with Crippen molar-refractivity contribution < 1.29 is 14.0 Å². The molecule has 0 aliphatic heterocycles. The fourth-order valence-electron chi connectivity index (χ4n) is 1.05. The Kier molecular flexibility index (Phi) is 3.52. The SMILES string of the molecule is COC(=O)C(O[Si](C)(C)C(C)(C)C)=C1CC1. The molecule has 0 radical (unpaired) electrons. The molecule has 0 amide bonds. The highest BCUT2D eigenvalue weighted by Crippen LogP contribution is 2.41. The summed E-state index contributed by atoms with van der Waals surface area (Å²) in [6.07, 6.45) is 1.94. The monoisotopic (exact) mass is 242 g/mol. The van der Waals surface area contributed by atoms with Gasteiger partial charge in [-0.25, -0.2) is 4.79 Å². The van der Waals surface area contributed by atoms with Crippen LogP contribution in [0.5, 0.6) is 0 Å². The number of ether oxygens (including phenoxy) is 1. The van der Waals surface area contributed by atoms with Gasteiger partial charge in [0.15, 0.2) is 5.76 Å². The van der Waals surface area contributed by atoms with E-state index in [-0.39, 0.29) is 11.0 Å². The molecule has 3 nitrogen and oxygen atoms in total. The molecular weight excluding hydrogens is 220 g/mol. The van der Waals surface area contributed by atoms with Gasteiger partial charge in [0.05, 0.1) is 7.11 Å². The average Bonchev–Trinajstić information content (AvgIpc) is 2.94. The van der Waals surface area contributed by atoms with Crippen molar-refractivity contribution in [3.63, 3.8) is 0 Å². The number of hydrogen-bond acceptors (Lipinski definition) is 3. The van der Waals surface area contributed by atoms with E-state index in [0.29, 0.717) is 5.76 Å². The summed E-state index contributed by atoms with van der Waals surface area (Å²) in [6, 6.07) is 0. The molecule has 0 bridgehead atoms. The standard InChI is InChI=1S/C12H22O3Si/c1-12(2,3)16(5,6)15-10(9-7-8-9)11(13)14-4/h7-8H2,1-6H3. The largest absolute Gasteiger partial charge is 0.539 e. The minimum Gasteiger partial charge on any atom is -0.539 e. The Hall–Kier alpha value is -0.773. The summed E-state index contributed by atoms with van der Waals surface area (Å²) in [6.45, 7) is 10.8. The molecule has 1 rings (SSSR count). The minimum atomic E-state index is -1.93. The molecule has 0 aromatic heterocycles. The van der Waals surface area contributed by atoms with Crippen LogP contribution in [0.1, 0.15) is 33.6 Å². The van der Waals surface area contributed by atoms with Crippen molar-refractivity contribution >= 4 is 14.3 Å². The second kappa shape index (κ2) is 4.24. The van der Waals surface area contributed by atoms with E-state index in [4.69, 9.17) is 9.16 Å². The lowest BCUT2D eigenvalue weighted by atomic mass is 10.2. The van der Waals surface area contributed by atoms with E-state index < -0.39 is 8.32 Å². The van der Waals surface area contributed by atoms with Crippen molar-refractivity contribution in [2.45, 2.75) is 51.7 Å². The van der Waals surface area contributed by atoms with Crippen molar-refractivity contribution in [2.75, 3.05) is 7.11 Å². The van der Waals surface area contributed by atoms with Crippen LogP contribution in [0.2, 0.25) is 18.1 Å². The van der Waals surface area contributed by atoms with Crippen LogP contribution in [0.4, 0.5) is 0 Å². The second-order valence-corrected chi connectivity index (χ2v) is 10.5. The van der Waals surface area contributed by atoms with Gasteiger partial charge in [-0.3, -0.25) is 0 Å². The van der Waals surface area contributed by atoms with Gasteiger partial charge in [-0.15, -0.1) is 0 Å². The first-order valence-electron chi connectivity index (χ1n) is 5.68. The summed E-state index contributed by atoms with van der Waals surface area (Å²) in [5, 5.41) is 0.0989. The molecule has 1 fully saturated rings. The Morgan fingerprint density at radius 2 is 1.75 bits per heavy atom. The molecule has 92 valence electrons. The van der Waals surface area contributed by atoms with Crippen LogP contribution < -0.4 is 0 Å². The zero-order valence-corrected chi connectivity index (χ0v) is 12.1. The molecule has 0 aromatic rings. The van der Waals surface area contributed by atoms with Crippen molar-refractivity contribution in [1.82, 2.24) is 0 Å². The summed E-state index contributed by atoms with van der Waals surface area (Å²) in [5.41, 5.74) is 1.11. The van der Waals surface area contributed by atoms with E-state index >= 15 is 0 Å². The number of carbonyl (C=O) groups is 1. The summed E-state index contributed by atoms with van der Waals surface area (Å²) in [4.78, 5) is 11.6. The zero-order chi connectivity index (χ0) is 12.6. The normalized spacial score (nSPS) is 15.8. The molecule has 0 saturated heterocycles. The minimum absolute atomic E-state index is 0.0989. The summed E-state index contributed by atoms with van der Waals surface area (Å²) in [5.74, 6) is 0.159. The van der Waals surface area contributed by atoms with Gasteiger partial charge in [-0.1, -0.05) is 20.8 Å². The predicted octanol–water partition coefficient (Wildman–Crippen LogP) is 3.23. The Morgan fingerprint density at radius 3 is 2.06 bits per heavy atom. The predicted molar refractivity (Wildman–Crippen MR) is 66.6 cm³/mol. The summed E-state index contributed by atoms with van der Waals surface area (Å²) < 4.78 is 10.8. The van der Waals surface area contributed by atoms with Crippen molar-refractivity contribution in [3.05, 3.63) is 11.3 Å². The number of hydrogen-bond donors (Lipinski definition) is 0. The fourth-order valence-corrected chi connectivity index (χ4v) is 2.09. The Bertz CT molecular complexity index is 318. The second-order valence-electron chi connectivity index (χ2n) is 5.79. The van der Waals surface area contributed by atoms with E-state index in [9.17, 15) is 4.79 Å². The van der Waals surface area contributed by atoms with Crippen LogP contribution in [0.15, 0.2) is 11.3 Å². The van der Waals surface area contributed by atoms with Gasteiger partial charge in [-0.05, 0) is 36.5 Å². The quantitative estimate of drug-likeness (QED) is 0.330. The maximum Gasteiger partial charge on any atom is 0.371 e. The van der Waals surface area contributed by atoms with Gasteiger partial charge in [0.2, 0.25) is 0 Å². The molecule has 0 spiro atoms. The van der Waals surface area contributed by atoms with Crippen molar-refractivity contribution in [1.29, 1.82) is 0 Å². The van der Waals surface area contributed by atoms with Crippen LogP contribution in [-0.4, -0.2) is 21.4 Å². The van der Waals surface area contributed by atoms with Gasteiger partial charge in [-0.2, -0.15) is 0 Å². The Balaban J connectivity index is 2.87. The van der Waals surface area contributed by atoms with E-state index in [1.54, 1.807) is 0 Å². The van der Waals surface area contributed by atoms with E-state index in [1.165, 1.54) is 7.11 Å². The molecule has 0 unspecified atom stereocenters. The highest BCUT2D eigenvalue weighted by atomic mass is 28.4. The molecule has 1 saturated carbocycles. The zero-order valence-electron chi connectivity index (χ0n) is 11.1. The van der Waals surface area contributed by atoms with Crippen LogP contribution in [0.3, 0.4) is 0 Å². The third-order valence-corrected chi connectivity index (χ3v) is 7.68. The van der Waals surface area contributed by atoms with Gasteiger partial charge in [0.25, 0.3) is 8.32 Å². The van der Waals surface area contributed by atoms with Gasteiger partial charge < -0.3 is 9.16 Å². The topological polar surface area (TPSA) is 35.5 Å². The number of allylic oxidation sites excluding steroid dienone is 1. The molecule has 1 aliphatic rings. The van der Waals surface area contributed by atoms with Crippen molar-refractivity contribution in [2.24, 2.45) is 0 Å². The molecule has 1 aliphatic carbocycles. The Labute approximate surface area is 99.0 Å². The highest BCUT2D eigenvalue weighted by Gasteiger charge is 2.42. The maximum atomic E-state index is 11.6. The molecule has 0 aromatic carbocycles. The van der Waals surface area contributed by atoms with Crippen LogP contribution in [0, 0.1) is 0 Å². The molecule has 0 atom stereocenters. The first-order valence-corrected chi connectivity index (χ1v) is 8.59. The fraction of sp³-hybridized carbons (Fsp3) is 0.750. The smallest absolute Gasteiger partial charge is 0.371 e. The molecule has 16 heavy (non-hydrogen) atoms. The summed E-state index contributed by atoms with van der Waals surface area (Å²) in [7, 11) is -0.525. The third-order valence-electron chi connectivity index (χ3n) is 3.36. The highest BCUT2D eigenvalue weighted by molar-refractivity contribution is 6.74. The lowest BCUT2D eigenvalue weighted by molar-refractivity contribution is -0.138. The lowest BCUT2D eigenvalue weighted by Gasteiger charge is -2.36. The van der Waals surface area contributed by atoms with E-state index in [1.807, 2.05) is 0 Å². The van der Waals surface area contributed by atoms with Crippen LogP contribution >= 0.6 is 0 Å². The summed E-state index contributed by atoms with van der Waals surface area (Å²) >= 11 is 0. The molecule has 0 N–H and O–H groups in total. The molecular formula is C12H22O3Si. The van der Waals surface area contributed by atoms with Gasteiger partial charge >= 0.3 is 5.97 Å². The molecule has 0 heterocycles. The number of esters is 1. The Morgan fingerprint density at radius 1 is 1.25 bits per heavy atom. The number of carbonyl (C=O) groups excluding carboxylic acids is 1. The first kappa shape index (κ1) is 13.3. The number of rotatable bonds is 3. The van der Waals surface area contributed by atoms with Gasteiger partial charge in [0.1, 0.15) is 0 Å². The van der Waals surface area contributed by atoms with Crippen LogP contribution in [-0.2, 0) is 14.0 Å². The van der Waals surface area contributed by atoms with Gasteiger partial charge in [0, 0.05) is 0 Å².